The molecule has 0 spiro atoms. The zero-order chi connectivity index (χ0) is 13.0. The van der Waals surface area contributed by atoms with E-state index >= 15 is 0 Å². The summed E-state index contributed by atoms with van der Waals surface area (Å²) < 4.78 is 18.2. The summed E-state index contributed by atoms with van der Waals surface area (Å²) in [5.74, 6) is -0.0168. The zero-order valence-corrected chi connectivity index (χ0v) is 9.76. The van der Waals surface area contributed by atoms with E-state index in [1.165, 1.54) is 19.2 Å². The number of benzene rings is 1. The molecule has 4 nitrogen and oxygen atoms in total. The van der Waals surface area contributed by atoms with Crippen LogP contribution in [-0.4, -0.2) is 22.9 Å². The molecule has 0 aliphatic rings. The predicted octanol–water partition coefficient (Wildman–Crippen LogP) is 2.05. The Balaban J connectivity index is 2.26. The molecule has 0 bridgehead atoms. The monoisotopic (exact) mass is 246 g/mol. The number of ketones is 1. The number of hydrogen-bond acceptors (Lipinski definition) is 4. The molecule has 2 rings (SSSR count). The van der Waals surface area contributed by atoms with Crippen LogP contribution >= 0.6 is 0 Å². The molecule has 2 aromatic rings. The van der Waals surface area contributed by atoms with Crippen LogP contribution in [0.4, 0.5) is 4.39 Å². The first-order valence-corrected chi connectivity index (χ1v) is 5.33. The molecule has 0 atom stereocenters. The number of carbonyl (C=O) groups excluding carboxylic acids is 1. The second kappa shape index (κ2) is 5.35. The van der Waals surface area contributed by atoms with Crippen LogP contribution < -0.4 is 4.74 Å². The van der Waals surface area contributed by atoms with Gasteiger partial charge < -0.3 is 4.74 Å². The Kier molecular flexibility index (Phi) is 3.62. The Morgan fingerprint density at radius 3 is 2.72 bits per heavy atom. The number of aromatic nitrogens is 2. The fourth-order valence-electron chi connectivity index (χ4n) is 1.56. The van der Waals surface area contributed by atoms with Crippen LogP contribution in [0.25, 0.3) is 0 Å². The summed E-state index contributed by atoms with van der Waals surface area (Å²) in [6, 6.07) is 5.49. The lowest BCUT2D eigenvalue weighted by atomic mass is 10.1. The molecule has 0 fully saturated rings. The zero-order valence-electron chi connectivity index (χ0n) is 9.76. The van der Waals surface area contributed by atoms with Gasteiger partial charge in [0.25, 0.3) is 0 Å². The minimum absolute atomic E-state index is 0.0145. The maximum absolute atomic E-state index is 13.1. The highest BCUT2D eigenvalue weighted by Crippen LogP contribution is 2.20. The minimum Gasteiger partial charge on any atom is -0.496 e. The number of nitrogens with zero attached hydrogens (tertiary/aromatic N) is 2. The van der Waals surface area contributed by atoms with Crippen molar-refractivity contribution in [2.75, 3.05) is 7.11 Å². The first-order chi connectivity index (χ1) is 8.70. The molecule has 0 unspecified atom stereocenters. The molecule has 1 heterocycles. The Hall–Kier alpha value is -2.30. The smallest absolute Gasteiger partial charge is 0.174 e. The maximum atomic E-state index is 13.1. The Morgan fingerprint density at radius 2 is 2.06 bits per heavy atom. The van der Waals surface area contributed by atoms with E-state index in [2.05, 4.69) is 9.97 Å². The number of ether oxygens (including phenoxy) is 1. The number of carbonyl (C=O) groups is 1. The summed E-state index contributed by atoms with van der Waals surface area (Å²) in [5, 5.41) is 0. The van der Waals surface area contributed by atoms with Crippen molar-refractivity contribution in [3.63, 3.8) is 0 Å². The normalized spacial score (nSPS) is 10.1. The molecular weight excluding hydrogens is 235 g/mol. The van der Waals surface area contributed by atoms with Crippen molar-refractivity contribution in [1.29, 1.82) is 0 Å². The van der Waals surface area contributed by atoms with E-state index in [-0.39, 0.29) is 17.8 Å². The summed E-state index contributed by atoms with van der Waals surface area (Å²) in [6.07, 6.45) is 3.12. The number of methoxy groups -OCH3 is 1. The molecule has 0 saturated heterocycles. The minimum atomic E-state index is -0.479. The fraction of sp³-hybridized carbons (Fsp3) is 0.154. The van der Waals surface area contributed by atoms with Crippen molar-refractivity contribution < 1.29 is 13.9 Å². The molecule has 5 heteroatoms. The highest BCUT2D eigenvalue weighted by molar-refractivity contribution is 5.99. The van der Waals surface area contributed by atoms with E-state index in [9.17, 15) is 9.18 Å². The van der Waals surface area contributed by atoms with E-state index in [1.54, 1.807) is 18.5 Å². The molecule has 18 heavy (non-hydrogen) atoms. The van der Waals surface area contributed by atoms with Gasteiger partial charge in [0.2, 0.25) is 0 Å². The van der Waals surface area contributed by atoms with Crippen LogP contribution in [0.3, 0.4) is 0 Å². The molecule has 1 aromatic heterocycles. The Morgan fingerprint density at radius 1 is 1.33 bits per heavy atom. The number of Topliss-reactive ketones (excluding diaryl/α,β-unsaturated/α-hetero) is 1. The van der Waals surface area contributed by atoms with Gasteiger partial charge in [-0.25, -0.2) is 14.4 Å². The summed E-state index contributed by atoms with van der Waals surface area (Å²) in [5.41, 5.74) is 0.199. The summed E-state index contributed by atoms with van der Waals surface area (Å²) >= 11 is 0. The first-order valence-electron chi connectivity index (χ1n) is 5.33. The molecule has 92 valence electrons. The lowest BCUT2D eigenvalue weighted by molar-refractivity contribution is 0.0987. The number of rotatable bonds is 4. The van der Waals surface area contributed by atoms with Gasteiger partial charge in [-0.1, -0.05) is 0 Å². The van der Waals surface area contributed by atoms with Gasteiger partial charge in [-0.2, -0.15) is 0 Å². The highest BCUT2D eigenvalue weighted by atomic mass is 19.1. The largest absolute Gasteiger partial charge is 0.496 e. The van der Waals surface area contributed by atoms with Gasteiger partial charge in [0.1, 0.15) is 17.4 Å². The summed E-state index contributed by atoms with van der Waals surface area (Å²) in [6.45, 7) is 0. The third-order valence-electron chi connectivity index (χ3n) is 2.40. The predicted molar refractivity (Wildman–Crippen MR) is 63.0 cm³/mol. The van der Waals surface area contributed by atoms with Crippen molar-refractivity contribution in [3.8, 4) is 5.75 Å². The molecule has 0 amide bonds. The maximum Gasteiger partial charge on any atom is 0.174 e. The van der Waals surface area contributed by atoms with Gasteiger partial charge in [-0.3, -0.25) is 4.79 Å². The first kappa shape index (κ1) is 12.2. The van der Waals surface area contributed by atoms with Gasteiger partial charge in [-0.05, 0) is 24.3 Å². The van der Waals surface area contributed by atoms with Crippen LogP contribution in [0.15, 0.2) is 36.7 Å². The van der Waals surface area contributed by atoms with Gasteiger partial charge in [-0.15, -0.1) is 0 Å². The average Bonchev–Trinajstić information content (AvgIpc) is 2.40. The fourth-order valence-corrected chi connectivity index (χ4v) is 1.56. The second-order valence-electron chi connectivity index (χ2n) is 3.61. The highest BCUT2D eigenvalue weighted by Gasteiger charge is 2.14. The quantitative estimate of drug-likeness (QED) is 0.775. The molecule has 0 aliphatic heterocycles. The van der Waals surface area contributed by atoms with Gasteiger partial charge in [0, 0.05) is 12.4 Å². The Bertz CT molecular complexity index is 558. The van der Waals surface area contributed by atoms with E-state index in [4.69, 9.17) is 4.74 Å². The molecule has 1 aromatic carbocycles. The molecule has 0 N–H and O–H groups in total. The van der Waals surface area contributed by atoms with Crippen molar-refractivity contribution in [1.82, 2.24) is 9.97 Å². The number of halogens is 1. The van der Waals surface area contributed by atoms with Crippen molar-refractivity contribution in [2.24, 2.45) is 0 Å². The standard InChI is InChI=1S/C13H11FN2O2/c1-18-12-4-3-9(14)7-10(12)11(17)8-13-15-5-2-6-16-13/h2-7H,8H2,1H3. The third-order valence-corrected chi connectivity index (χ3v) is 2.40. The van der Waals surface area contributed by atoms with Crippen LogP contribution in [0, 0.1) is 5.82 Å². The molecular formula is C13H11FN2O2. The van der Waals surface area contributed by atoms with E-state index in [1.807, 2.05) is 0 Å². The summed E-state index contributed by atoms with van der Waals surface area (Å²) in [7, 11) is 1.43. The van der Waals surface area contributed by atoms with E-state index < -0.39 is 5.82 Å². The van der Waals surface area contributed by atoms with E-state index in [0.29, 0.717) is 11.6 Å². The van der Waals surface area contributed by atoms with Crippen molar-refractivity contribution >= 4 is 5.78 Å². The van der Waals surface area contributed by atoms with Crippen LogP contribution in [0.2, 0.25) is 0 Å². The average molecular weight is 246 g/mol. The third kappa shape index (κ3) is 2.68. The Labute approximate surface area is 103 Å². The molecule has 0 saturated carbocycles. The molecule has 0 aliphatic carbocycles. The van der Waals surface area contributed by atoms with Gasteiger partial charge in [0.05, 0.1) is 19.1 Å². The SMILES string of the molecule is COc1ccc(F)cc1C(=O)Cc1ncccn1. The number of hydrogen-bond donors (Lipinski definition) is 0. The van der Waals surface area contributed by atoms with Crippen LogP contribution in [0.5, 0.6) is 5.75 Å². The van der Waals surface area contributed by atoms with Crippen molar-refractivity contribution in [2.45, 2.75) is 6.42 Å². The van der Waals surface area contributed by atoms with Gasteiger partial charge in [0.15, 0.2) is 5.78 Å². The van der Waals surface area contributed by atoms with Crippen LogP contribution in [0.1, 0.15) is 16.2 Å². The van der Waals surface area contributed by atoms with Gasteiger partial charge >= 0.3 is 0 Å². The second-order valence-corrected chi connectivity index (χ2v) is 3.61. The summed E-state index contributed by atoms with van der Waals surface area (Å²) in [4.78, 5) is 19.9. The van der Waals surface area contributed by atoms with Crippen LogP contribution in [-0.2, 0) is 6.42 Å². The lowest BCUT2D eigenvalue weighted by Crippen LogP contribution is -2.08. The van der Waals surface area contributed by atoms with E-state index in [0.717, 1.165) is 6.07 Å². The molecule has 0 radical (unpaired) electrons. The van der Waals surface area contributed by atoms with Crippen molar-refractivity contribution in [3.05, 3.63) is 53.9 Å². The lowest BCUT2D eigenvalue weighted by Gasteiger charge is -2.07. The topological polar surface area (TPSA) is 52.1 Å².